The Morgan fingerprint density at radius 1 is 0.967 bits per heavy atom. The van der Waals surface area contributed by atoms with Gasteiger partial charge in [0.05, 0.1) is 32.2 Å². The Balaban J connectivity index is 1.58. The molecule has 7 heteroatoms. The Bertz CT molecular complexity index is 1120. The van der Waals surface area contributed by atoms with Gasteiger partial charge in [0.25, 0.3) is 0 Å². The zero-order chi connectivity index (χ0) is 20.9. The molecule has 0 saturated heterocycles. The number of nitrogens with zero attached hydrogens (tertiary/aromatic N) is 4. The fourth-order valence-electron chi connectivity index (χ4n) is 3.20. The highest BCUT2D eigenvalue weighted by molar-refractivity contribution is 5.64. The van der Waals surface area contributed by atoms with Gasteiger partial charge in [-0.05, 0) is 18.6 Å². The smallest absolute Gasteiger partial charge is 0.227 e. The normalized spacial score (nSPS) is 10.6. The van der Waals surface area contributed by atoms with Gasteiger partial charge >= 0.3 is 0 Å². The molecule has 2 aromatic heterocycles. The second kappa shape index (κ2) is 8.65. The topological polar surface area (TPSA) is 74.1 Å². The highest BCUT2D eigenvalue weighted by Gasteiger charge is 2.11. The fraction of sp³-hybridized carbons (Fsp3) is 0.174. The molecule has 2 heterocycles. The standard InChI is InChI=1S/C23H23N5O2/c1-16-21(15-28(27-16)14-17-7-5-4-6-8-17)22-9-10-24-23(26-22)25-18-11-19(29-2)13-20(12-18)30-3/h4-13,15H,14H2,1-3H3,(H,24,25,26). The molecule has 0 fully saturated rings. The molecule has 0 amide bonds. The van der Waals surface area contributed by atoms with Gasteiger partial charge < -0.3 is 14.8 Å². The van der Waals surface area contributed by atoms with Crippen molar-refractivity contribution in [3.05, 3.63) is 78.2 Å². The van der Waals surface area contributed by atoms with Gasteiger partial charge in [0.15, 0.2) is 0 Å². The Kier molecular flexibility index (Phi) is 5.61. The highest BCUT2D eigenvalue weighted by Crippen LogP contribution is 2.28. The van der Waals surface area contributed by atoms with Crippen LogP contribution in [0.5, 0.6) is 11.5 Å². The first-order valence-corrected chi connectivity index (χ1v) is 9.56. The van der Waals surface area contributed by atoms with Crippen LogP contribution >= 0.6 is 0 Å². The lowest BCUT2D eigenvalue weighted by atomic mass is 10.2. The van der Waals surface area contributed by atoms with Crippen molar-refractivity contribution in [1.82, 2.24) is 19.7 Å². The fourth-order valence-corrected chi connectivity index (χ4v) is 3.20. The van der Waals surface area contributed by atoms with Crippen LogP contribution in [0.25, 0.3) is 11.3 Å². The minimum absolute atomic E-state index is 0.484. The van der Waals surface area contributed by atoms with E-state index in [0.717, 1.165) is 22.6 Å². The van der Waals surface area contributed by atoms with Crippen molar-refractivity contribution in [1.29, 1.82) is 0 Å². The maximum absolute atomic E-state index is 5.32. The number of aromatic nitrogens is 4. The van der Waals surface area contributed by atoms with Crippen LogP contribution in [0.15, 0.2) is 67.0 Å². The van der Waals surface area contributed by atoms with Gasteiger partial charge in [-0.2, -0.15) is 5.10 Å². The van der Waals surface area contributed by atoms with Crippen LogP contribution in [0, 0.1) is 6.92 Å². The average Bonchev–Trinajstić information content (AvgIpc) is 3.14. The predicted octanol–water partition coefficient (Wildman–Crippen LogP) is 4.46. The van der Waals surface area contributed by atoms with Crippen molar-refractivity contribution in [3.8, 4) is 22.8 Å². The van der Waals surface area contributed by atoms with E-state index in [1.54, 1.807) is 20.4 Å². The van der Waals surface area contributed by atoms with Gasteiger partial charge in [-0.3, -0.25) is 4.68 Å². The minimum atomic E-state index is 0.484. The number of anilines is 2. The Labute approximate surface area is 175 Å². The quantitative estimate of drug-likeness (QED) is 0.493. The molecule has 0 radical (unpaired) electrons. The molecular formula is C23H23N5O2. The zero-order valence-electron chi connectivity index (χ0n) is 17.2. The van der Waals surface area contributed by atoms with Crippen molar-refractivity contribution >= 4 is 11.6 Å². The van der Waals surface area contributed by atoms with Gasteiger partial charge in [0.2, 0.25) is 5.95 Å². The average molecular weight is 401 g/mol. The number of hydrogen-bond acceptors (Lipinski definition) is 6. The lowest BCUT2D eigenvalue weighted by Crippen LogP contribution is -2.00. The van der Waals surface area contributed by atoms with E-state index in [1.807, 2.05) is 60.3 Å². The van der Waals surface area contributed by atoms with Gasteiger partial charge in [0, 0.05) is 41.8 Å². The number of rotatable bonds is 7. The summed E-state index contributed by atoms with van der Waals surface area (Å²) in [5.74, 6) is 1.86. The number of benzene rings is 2. The molecule has 0 unspecified atom stereocenters. The van der Waals surface area contributed by atoms with E-state index < -0.39 is 0 Å². The van der Waals surface area contributed by atoms with E-state index in [-0.39, 0.29) is 0 Å². The van der Waals surface area contributed by atoms with Gasteiger partial charge in [0.1, 0.15) is 11.5 Å². The molecule has 2 aromatic carbocycles. The number of nitrogens with one attached hydrogen (secondary N) is 1. The monoisotopic (exact) mass is 401 g/mol. The zero-order valence-corrected chi connectivity index (χ0v) is 17.2. The first kappa shape index (κ1) is 19.4. The Morgan fingerprint density at radius 2 is 1.70 bits per heavy atom. The van der Waals surface area contributed by atoms with Crippen LogP contribution in [-0.4, -0.2) is 34.0 Å². The summed E-state index contributed by atoms with van der Waals surface area (Å²) in [7, 11) is 3.23. The summed E-state index contributed by atoms with van der Waals surface area (Å²) in [6.45, 7) is 2.69. The van der Waals surface area contributed by atoms with Crippen LogP contribution in [-0.2, 0) is 6.54 Å². The summed E-state index contributed by atoms with van der Waals surface area (Å²) < 4.78 is 12.6. The number of ether oxygens (including phenoxy) is 2. The molecule has 0 atom stereocenters. The van der Waals surface area contributed by atoms with E-state index in [1.165, 1.54) is 5.56 Å². The van der Waals surface area contributed by atoms with Gasteiger partial charge in [-0.15, -0.1) is 0 Å². The summed E-state index contributed by atoms with van der Waals surface area (Å²) in [6.07, 6.45) is 3.75. The van der Waals surface area contributed by atoms with E-state index in [0.29, 0.717) is 24.0 Å². The summed E-state index contributed by atoms with van der Waals surface area (Å²) in [5.41, 5.74) is 4.67. The predicted molar refractivity (Wildman–Crippen MR) is 116 cm³/mol. The van der Waals surface area contributed by atoms with Crippen molar-refractivity contribution in [2.24, 2.45) is 0 Å². The summed E-state index contributed by atoms with van der Waals surface area (Å²) in [4.78, 5) is 9.02. The molecule has 4 aromatic rings. The third kappa shape index (κ3) is 4.41. The lowest BCUT2D eigenvalue weighted by molar-refractivity contribution is 0.395. The maximum Gasteiger partial charge on any atom is 0.227 e. The van der Waals surface area contributed by atoms with Crippen LogP contribution in [0.4, 0.5) is 11.6 Å². The minimum Gasteiger partial charge on any atom is -0.497 e. The van der Waals surface area contributed by atoms with E-state index in [9.17, 15) is 0 Å². The molecule has 0 saturated carbocycles. The van der Waals surface area contributed by atoms with Gasteiger partial charge in [-0.1, -0.05) is 30.3 Å². The molecule has 0 aliphatic carbocycles. The summed E-state index contributed by atoms with van der Waals surface area (Å²) in [6, 6.07) is 17.7. The van der Waals surface area contributed by atoms with E-state index >= 15 is 0 Å². The van der Waals surface area contributed by atoms with Crippen LogP contribution < -0.4 is 14.8 Å². The second-order valence-corrected chi connectivity index (χ2v) is 6.80. The molecule has 0 bridgehead atoms. The van der Waals surface area contributed by atoms with E-state index in [2.05, 4.69) is 32.5 Å². The first-order valence-electron chi connectivity index (χ1n) is 9.56. The highest BCUT2D eigenvalue weighted by atomic mass is 16.5. The maximum atomic E-state index is 5.32. The largest absolute Gasteiger partial charge is 0.497 e. The molecule has 152 valence electrons. The molecule has 0 aliphatic heterocycles. The molecule has 0 spiro atoms. The molecular weight excluding hydrogens is 378 g/mol. The van der Waals surface area contributed by atoms with Crippen molar-refractivity contribution in [3.63, 3.8) is 0 Å². The number of aryl methyl sites for hydroxylation is 1. The van der Waals surface area contributed by atoms with Crippen LogP contribution in [0.2, 0.25) is 0 Å². The third-order valence-electron chi connectivity index (χ3n) is 4.67. The summed E-state index contributed by atoms with van der Waals surface area (Å²) >= 11 is 0. The number of hydrogen-bond donors (Lipinski definition) is 1. The molecule has 0 aliphatic rings. The van der Waals surface area contributed by atoms with Crippen molar-refractivity contribution in [2.45, 2.75) is 13.5 Å². The molecule has 4 rings (SSSR count). The third-order valence-corrected chi connectivity index (χ3v) is 4.67. The molecule has 30 heavy (non-hydrogen) atoms. The second-order valence-electron chi connectivity index (χ2n) is 6.80. The Morgan fingerprint density at radius 3 is 2.40 bits per heavy atom. The summed E-state index contributed by atoms with van der Waals surface area (Å²) in [5, 5.41) is 7.86. The SMILES string of the molecule is COc1cc(Nc2nccc(-c3cn(Cc4ccccc4)nc3C)n2)cc(OC)c1. The van der Waals surface area contributed by atoms with Crippen LogP contribution in [0.1, 0.15) is 11.3 Å². The molecule has 1 N–H and O–H groups in total. The number of methoxy groups -OCH3 is 2. The molecule has 7 nitrogen and oxygen atoms in total. The van der Waals surface area contributed by atoms with Gasteiger partial charge in [-0.25, -0.2) is 9.97 Å². The Hall–Kier alpha value is -3.87. The lowest BCUT2D eigenvalue weighted by Gasteiger charge is -2.10. The van der Waals surface area contributed by atoms with E-state index in [4.69, 9.17) is 9.47 Å². The van der Waals surface area contributed by atoms with Crippen LogP contribution in [0.3, 0.4) is 0 Å². The van der Waals surface area contributed by atoms with Crippen molar-refractivity contribution < 1.29 is 9.47 Å². The first-order chi connectivity index (χ1) is 14.6. The van der Waals surface area contributed by atoms with Crippen molar-refractivity contribution in [2.75, 3.05) is 19.5 Å².